The summed E-state index contributed by atoms with van der Waals surface area (Å²) in [6.45, 7) is 0. The van der Waals surface area contributed by atoms with E-state index in [2.05, 4.69) is 48.5 Å². The Bertz CT molecular complexity index is 1720. The Hall–Kier alpha value is -2.74. The van der Waals surface area contributed by atoms with E-state index in [1.807, 2.05) is 48.5 Å². The number of rotatable bonds is 2. The number of benzene rings is 6. The highest BCUT2D eigenvalue weighted by Gasteiger charge is 2.18. The van der Waals surface area contributed by atoms with E-state index in [-0.39, 0.29) is 0 Å². The van der Waals surface area contributed by atoms with Crippen molar-refractivity contribution in [3.05, 3.63) is 117 Å². The second-order valence-corrected chi connectivity index (χ2v) is 10.1. The molecule has 0 atom stereocenters. The lowest BCUT2D eigenvalue weighted by atomic mass is 9.85. The minimum atomic E-state index is 0.691. The van der Waals surface area contributed by atoms with Crippen LogP contribution >= 0.6 is 46.4 Å². The van der Waals surface area contributed by atoms with E-state index in [0.717, 1.165) is 54.6 Å². The fourth-order valence-corrected chi connectivity index (χ4v) is 5.37. The molecule has 0 amide bonds. The van der Waals surface area contributed by atoms with E-state index in [1.165, 1.54) is 0 Å². The van der Waals surface area contributed by atoms with Crippen molar-refractivity contribution in [1.29, 1.82) is 0 Å². The Kier molecular flexibility index (Phi) is 5.43. The van der Waals surface area contributed by atoms with Gasteiger partial charge in [0.1, 0.15) is 0 Å². The molecule has 4 heteroatoms. The normalized spacial score (nSPS) is 11.5. The average molecular weight is 518 g/mol. The average Bonchev–Trinajstić information content (AvgIpc) is 2.83. The molecule has 0 aliphatic heterocycles. The van der Waals surface area contributed by atoms with Crippen molar-refractivity contribution in [2.24, 2.45) is 0 Å². The second-order valence-electron chi connectivity index (χ2n) is 8.34. The van der Waals surface area contributed by atoms with Crippen molar-refractivity contribution in [3.8, 4) is 22.3 Å². The summed E-state index contributed by atoms with van der Waals surface area (Å²) in [7, 11) is 0. The Labute approximate surface area is 217 Å². The quantitative estimate of drug-likeness (QED) is 0.200. The molecule has 0 fully saturated rings. The molecule has 0 saturated carbocycles. The molecular formula is C30H16Cl4. The van der Waals surface area contributed by atoms with Crippen LogP contribution in [0, 0.1) is 0 Å². The topological polar surface area (TPSA) is 0 Å². The molecule has 0 nitrogen and oxygen atoms in total. The molecule has 0 radical (unpaired) electrons. The molecule has 6 aromatic rings. The third-order valence-electron chi connectivity index (χ3n) is 6.26. The maximum Gasteiger partial charge on any atom is 0.0412 e. The maximum absolute atomic E-state index is 6.53. The first-order valence-electron chi connectivity index (χ1n) is 10.8. The standard InChI is InChI=1S/C30H16Cl4/c31-21-6-1-17(2-7-21)29-25-12-11-24(34)16-28(25)30(18-3-8-22(32)9-4-18)26-14-19-5-10-23(33)13-20(19)15-27(26)29/h1-16H. The van der Waals surface area contributed by atoms with Crippen LogP contribution in [0.2, 0.25) is 20.1 Å². The molecule has 0 unspecified atom stereocenters. The number of hydrogen-bond donors (Lipinski definition) is 0. The molecule has 0 N–H and O–H groups in total. The number of halogens is 4. The van der Waals surface area contributed by atoms with Crippen LogP contribution in [0.3, 0.4) is 0 Å². The van der Waals surface area contributed by atoms with Gasteiger partial charge >= 0.3 is 0 Å². The molecule has 6 aromatic carbocycles. The van der Waals surface area contributed by atoms with Crippen LogP contribution in [0.1, 0.15) is 0 Å². The van der Waals surface area contributed by atoms with Crippen molar-refractivity contribution in [3.63, 3.8) is 0 Å². The smallest absolute Gasteiger partial charge is 0.0412 e. The summed E-state index contributed by atoms with van der Waals surface area (Å²) >= 11 is 25.3. The minimum absolute atomic E-state index is 0.691. The van der Waals surface area contributed by atoms with E-state index >= 15 is 0 Å². The van der Waals surface area contributed by atoms with Gasteiger partial charge in [-0.2, -0.15) is 0 Å². The molecule has 0 bridgehead atoms. The molecule has 34 heavy (non-hydrogen) atoms. The highest BCUT2D eigenvalue weighted by molar-refractivity contribution is 6.34. The summed E-state index contributed by atoms with van der Waals surface area (Å²) in [5.74, 6) is 0. The molecule has 6 rings (SSSR count). The van der Waals surface area contributed by atoms with Crippen LogP contribution < -0.4 is 0 Å². The summed E-state index contributed by atoms with van der Waals surface area (Å²) in [5.41, 5.74) is 4.43. The highest BCUT2D eigenvalue weighted by atomic mass is 35.5. The van der Waals surface area contributed by atoms with Crippen LogP contribution in [0.15, 0.2) is 97.1 Å². The summed E-state index contributed by atoms with van der Waals surface area (Å²) < 4.78 is 0. The minimum Gasteiger partial charge on any atom is -0.0843 e. The molecular weight excluding hydrogens is 502 g/mol. The summed E-state index contributed by atoms with van der Waals surface area (Å²) in [4.78, 5) is 0. The zero-order chi connectivity index (χ0) is 23.4. The van der Waals surface area contributed by atoms with Gasteiger partial charge in [0.2, 0.25) is 0 Å². The van der Waals surface area contributed by atoms with Gasteiger partial charge in [0.15, 0.2) is 0 Å². The van der Waals surface area contributed by atoms with Gasteiger partial charge in [-0.05, 0) is 115 Å². The molecule has 0 spiro atoms. The van der Waals surface area contributed by atoms with E-state index in [0.29, 0.717) is 20.1 Å². The lowest BCUT2D eigenvalue weighted by molar-refractivity contribution is 1.65. The zero-order valence-corrected chi connectivity index (χ0v) is 20.8. The molecule has 0 aliphatic carbocycles. The van der Waals surface area contributed by atoms with Crippen molar-refractivity contribution in [1.82, 2.24) is 0 Å². The summed E-state index contributed by atoms with van der Waals surface area (Å²) in [6.07, 6.45) is 0. The predicted molar refractivity (Wildman–Crippen MR) is 150 cm³/mol. The Balaban J connectivity index is 1.87. The first-order chi connectivity index (χ1) is 16.5. The summed E-state index contributed by atoms with van der Waals surface area (Å²) in [6, 6.07) is 32.5. The van der Waals surface area contributed by atoms with Gasteiger partial charge in [-0.1, -0.05) is 82.8 Å². The van der Waals surface area contributed by atoms with Crippen LogP contribution in [-0.2, 0) is 0 Å². The van der Waals surface area contributed by atoms with Crippen LogP contribution in [0.5, 0.6) is 0 Å². The van der Waals surface area contributed by atoms with Crippen molar-refractivity contribution in [2.75, 3.05) is 0 Å². The Morgan fingerprint density at radius 3 is 1.38 bits per heavy atom. The molecule has 0 heterocycles. The fourth-order valence-electron chi connectivity index (χ4n) is 4.77. The summed E-state index contributed by atoms with van der Waals surface area (Å²) in [5, 5.41) is 9.49. The molecule has 0 aromatic heterocycles. The molecule has 0 saturated heterocycles. The maximum atomic E-state index is 6.53. The van der Waals surface area contributed by atoms with Crippen LogP contribution in [0.25, 0.3) is 54.6 Å². The van der Waals surface area contributed by atoms with Gasteiger partial charge < -0.3 is 0 Å². The van der Waals surface area contributed by atoms with Crippen LogP contribution in [0.4, 0.5) is 0 Å². The SMILES string of the molecule is Clc1ccc(-c2c3ccc(Cl)cc3c(-c3ccc(Cl)cc3)c3cc4ccc(Cl)cc4cc23)cc1. The lowest BCUT2D eigenvalue weighted by Crippen LogP contribution is -1.92. The predicted octanol–water partition coefficient (Wildman–Crippen LogP) is 11.1. The van der Waals surface area contributed by atoms with E-state index in [1.54, 1.807) is 0 Å². The van der Waals surface area contributed by atoms with E-state index < -0.39 is 0 Å². The Morgan fingerprint density at radius 2 is 0.765 bits per heavy atom. The van der Waals surface area contributed by atoms with E-state index in [9.17, 15) is 0 Å². The van der Waals surface area contributed by atoms with Gasteiger partial charge in [0.25, 0.3) is 0 Å². The van der Waals surface area contributed by atoms with Crippen molar-refractivity contribution >= 4 is 78.7 Å². The van der Waals surface area contributed by atoms with Crippen LogP contribution in [-0.4, -0.2) is 0 Å². The number of hydrogen-bond acceptors (Lipinski definition) is 0. The van der Waals surface area contributed by atoms with Gasteiger partial charge in [0, 0.05) is 20.1 Å². The van der Waals surface area contributed by atoms with Gasteiger partial charge in [-0.3, -0.25) is 0 Å². The third kappa shape index (κ3) is 3.72. The first-order valence-corrected chi connectivity index (χ1v) is 12.3. The van der Waals surface area contributed by atoms with Crippen molar-refractivity contribution < 1.29 is 0 Å². The third-order valence-corrected chi connectivity index (χ3v) is 7.24. The fraction of sp³-hybridized carbons (Fsp3) is 0. The largest absolute Gasteiger partial charge is 0.0843 e. The first kappa shape index (κ1) is 21.8. The van der Waals surface area contributed by atoms with E-state index in [4.69, 9.17) is 46.4 Å². The molecule has 0 aliphatic rings. The second kappa shape index (κ2) is 8.48. The van der Waals surface area contributed by atoms with Gasteiger partial charge in [-0.15, -0.1) is 0 Å². The monoisotopic (exact) mass is 516 g/mol. The Morgan fingerprint density at radius 1 is 0.324 bits per heavy atom. The van der Waals surface area contributed by atoms with Gasteiger partial charge in [-0.25, -0.2) is 0 Å². The highest BCUT2D eigenvalue weighted by Crippen LogP contribution is 2.46. The van der Waals surface area contributed by atoms with Gasteiger partial charge in [0.05, 0.1) is 0 Å². The lowest BCUT2D eigenvalue weighted by Gasteiger charge is -2.19. The zero-order valence-electron chi connectivity index (χ0n) is 17.7. The molecule has 164 valence electrons. The number of fused-ring (bicyclic) bond motifs is 3. The van der Waals surface area contributed by atoms with Crippen molar-refractivity contribution in [2.45, 2.75) is 0 Å².